The molecular weight excluding hydrogens is 253 g/mol. The molecule has 94 valence electrons. The zero-order valence-electron chi connectivity index (χ0n) is 9.17. The third kappa shape index (κ3) is 3.92. The molecule has 0 atom stereocenters. The summed E-state index contributed by atoms with van der Waals surface area (Å²) in [5, 5.41) is 2.27. The minimum atomic E-state index is -4.53. The van der Waals surface area contributed by atoms with Crippen molar-refractivity contribution in [2.45, 2.75) is 24.8 Å². The van der Waals surface area contributed by atoms with Crippen molar-refractivity contribution in [3.05, 3.63) is 23.9 Å². The Balaban J connectivity index is 2.91. The molecule has 0 fully saturated rings. The number of thiol groups is 1. The highest BCUT2D eigenvalue weighted by Crippen LogP contribution is 2.28. The molecule has 1 heterocycles. The molecule has 0 spiro atoms. The van der Waals surface area contributed by atoms with Crippen molar-refractivity contribution in [1.82, 2.24) is 4.98 Å². The second kappa shape index (κ2) is 4.56. The fourth-order valence-corrected chi connectivity index (χ4v) is 0.987. The molecule has 0 unspecified atom stereocenters. The zero-order valence-corrected chi connectivity index (χ0v) is 10.1. The van der Waals surface area contributed by atoms with E-state index in [1.54, 1.807) is 0 Å². The van der Waals surface area contributed by atoms with Crippen LogP contribution in [0.25, 0.3) is 0 Å². The Morgan fingerprint density at radius 1 is 1.35 bits per heavy atom. The minimum absolute atomic E-state index is 0.146. The van der Waals surface area contributed by atoms with Crippen LogP contribution in [0.5, 0.6) is 0 Å². The van der Waals surface area contributed by atoms with E-state index in [0.29, 0.717) is 0 Å². The van der Waals surface area contributed by atoms with Gasteiger partial charge < -0.3 is 5.32 Å². The number of nitrogens with zero attached hydrogens (tertiary/aromatic N) is 1. The van der Waals surface area contributed by atoms with Gasteiger partial charge in [0.25, 0.3) is 0 Å². The van der Waals surface area contributed by atoms with Crippen molar-refractivity contribution >= 4 is 24.4 Å². The van der Waals surface area contributed by atoms with Gasteiger partial charge in [0.15, 0.2) is 0 Å². The van der Waals surface area contributed by atoms with E-state index in [1.165, 1.54) is 26.0 Å². The topological polar surface area (TPSA) is 42.0 Å². The number of halogens is 3. The van der Waals surface area contributed by atoms with E-state index < -0.39 is 22.5 Å². The molecule has 1 amide bonds. The smallest absolute Gasteiger partial charge is 0.309 e. The first-order valence-electron chi connectivity index (χ1n) is 4.69. The molecule has 17 heavy (non-hydrogen) atoms. The molecule has 0 saturated heterocycles. The van der Waals surface area contributed by atoms with Gasteiger partial charge in [-0.2, -0.15) is 25.8 Å². The Bertz CT molecular complexity index is 426. The summed E-state index contributed by atoms with van der Waals surface area (Å²) in [6, 6.07) is 3.30. The van der Waals surface area contributed by atoms with Gasteiger partial charge in [-0.15, -0.1) is 0 Å². The summed E-state index contributed by atoms with van der Waals surface area (Å²) in [7, 11) is 0. The summed E-state index contributed by atoms with van der Waals surface area (Å²) in [5.74, 6) is -0.667. The van der Waals surface area contributed by atoms with Gasteiger partial charge in [0.2, 0.25) is 5.91 Å². The van der Waals surface area contributed by atoms with Crippen LogP contribution in [0.15, 0.2) is 18.2 Å². The molecule has 0 aliphatic heterocycles. The van der Waals surface area contributed by atoms with Crippen LogP contribution in [0.4, 0.5) is 19.0 Å². The number of hydrogen-bond acceptors (Lipinski definition) is 3. The van der Waals surface area contributed by atoms with E-state index in [0.717, 1.165) is 6.07 Å². The van der Waals surface area contributed by atoms with Crippen LogP contribution in [0.2, 0.25) is 0 Å². The van der Waals surface area contributed by atoms with Crippen LogP contribution in [0.1, 0.15) is 19.5 Å². The lowest BCUT2D eigenvalue weighted by Crippen LogP contribution is -2.32. The van der Waals surface area contributed by atoms with Crippen molar-refractivity contribution < 1.29 is 18.0 Å². The Labute approximate surface area is 102 Å². The highest BCUT2D eigenvalue weighted by Gasteiger charge is 2.32. The van der Waals surface area contributed by atoms with E-state index in [2.05, 4.69) is 22.9 Å². The number of pyridine rings is 1. The maximum atomic E-state index is 12.3. The van der Waals surface area contributed by atoms with Crippen molar-refractivity contribution in [2.75, 3.05) is 5.32 Å². The first kappa shape index (κ1) is 13.8. The third-order valence-corrected chi connectivity index (χ3v) is 2.04. The van der Waals surface area contributed by atoms with Crippen LogP contribution in [-0.2, 0) is 11.0 Å². The summed E-state index contributed by atoms with van der Waals surface area (Å²) >= 11 is 4.00. The molecule has 0 aliphatic rings. The van der Waals surface area contributed by atoms with Crippen LogP contribution in [0.3, 0.4) is 0 Å². The molecule has 1 aromatic heterocycles. The SMILES string of the molecule is CC(C)(S)C(=O)Nc1cccc(C(F)(F)F)n1. The molecule has 1 aromatic rings. The second-order valence-electron chi connectivity index (χ2n) is 3.92. The monoisotopic (exact) mass is 264 g/mol. The van der Waals surface area contributed by atoms with E-state index in [9.17, 15) is 18.0 Å². The van der Waals surface area contributed by atoms with Crippen LogP contribution >= 0.6 is 12.6 Å². The van der Waals surface area contributed by atoms with Gasteiger partial charge in [-0.25, -0.2) is 4.98 Å². The standard InChI is InChI=1S/C10H11F3N2OS/c1-9(2,17)8(16)15-7-5-3-4-6(14-7)10(11,12)13/h3-5,17H,1-2H3,(H,14,15,16). The van der Waals surface area contributed by atoms with E-state index in [-0.39, 0.29) is 5.82 Å². The second-order valence-corrected chi connectivity index (χ2v) is 5.04. The average molecular weight is 264 g/mol. The van der Waals surface area contributed by atoms with Gasteiger partial charge in [0.1, 0.15) is 11.5 Å². The number of nitrogens with one attached hydrogen (secondary N) is 1. The van der Waals surface area contributed by atoms with E-state index >= 15 is 0 Å². The first-order chi connectivity index (χ1) is 7.60. The predicted octanol–water partition coefficient (Wildman–Crippen LogP) is 2.75. The van der Waals surface area contributed by atoms with Gasteiger partial charge in [-0.1, -0.05) is 6.07 Å². The van der Waals surface area contributed by atoms with Crippen molar-refractivity contribution in [2.24, 2.45) is 0 Å². The summed E-state index contributed by atoms with van der Waals surface area (Å²) in [6.45, 7) is 3.05. The Morgan fingerprint density at radius 2 is 1.94 bits per heavy atom. The van der Waals surface area contributed by atoms with Crippen molar-refractivity contribution in [1.29, 1.82) is 0 Å². The van der Waals surface area contributed by atoms with E-state index in [4.69, 9.17) is 0 Å². The average Bonchev–Trinajstić information content (AvgIpc) is 2.15. The number of aromatic nitrogens is 1. The normalized spacial score (nSPS) is 12.4. The van der Waals surface area contributed by atoms with Gasteiger partial charge in [-0.05, 0) is 26.0 Å². The molecule has 0 aromatic carbocycles. The quantitative estimate of drug-likeness (QED) is 0.806. The highest BCUT2D eigenvalue weighted by molar-refractivity contribution is 7.82. The Morgan fingerprint density at radius 3 is 2.41 bits per heavy atom. The largest absolute Gasteiger partial charge is 0.433 e. The maximum absolute atomic E-state index is 12.3. The lowest BCUT2D eigenvalue weighted by molar-refractivity contribution is -0.141. The van der Waals surface area contributed by atoms with Crippen molar-refractivity contribution in [3.8, 4) is 0 Å². The fraction of sp³-hybridized carbons (Fsp3) is 0.400. The Kier molecular flexibility index (Phi) is 3.71. The van der Waals surface area contributed by atoms with Gasteiger partial charge in [0.05, 0.1) is 4.75 Å². The Hall–Kier alpha value is -1.24. The summed E-state index contributed by atoms with van der Waals surface area (Å²) in [4.78, 5) is 14.8. The third-order valence-electron chi connectivity index (χ3n) is 1.84. The fourth-order valence-electron chi connectivity index (χ4n) is 0.931. The number of carbonyl (C=O) groups excluding carboxylic acids is 1. The summed E-state index contributed by atoms with van der Waals surface area (Å²) in [5.41, 5.74) is -1.05. The number of hydrogen-bond donors (Lipinski definition) is 2. The minimum Gasteiger partial charge on any atom is -0.309 e. The van der Waals surface area contributed by atoms with Crippen molar-refractivity contribution in [3.63, 3.8) is 0 Å². The maximum Gasteiger partial charge on any atom is 0.433 e. The van der Waals surface area contributed by atoms with Gasteiger partial charge >= 0.3 is 6.18 Å². The number of alkyl halides is 3. The molecular formula is C10H11F3N2OS. The highest BCUT2D eigenvalue weighted by atomic mass is 32.1. The zero-order chi connectivity index (χ0) is 13.3. The van der Waals surface area contributed by atoms with Gasteiger partial charge in [-0.3, -0.25) is 4.79 Å². The predicted molar refractivity (Wildman–Crippen MR) is 60.9 cm³/mol. The molecule has 1 N–H and O–H groups in total. The molecule has 0 saturated carbocycles. The van der Waals surface area contributed by atoms with E-state index in [1.807, 2.05) is 0 Å². The molecule has 0 bridgehead atoms. The number of anilines is 1. The molecule has 0 radical (unpaired) electrons. The van der Waals surface area contributed by atoms with Crippen LogP contribution < -0.4 is 5.32 Å². The molecule has 0 aliphatic carbocycles. The molecule has 7 heteroatoms. The molecule has 1 rings (SSSR count). The lowest BCUT2D eigenvalue weighted by atomic mass is 10.2. The number of rotatable bonds is 2. The van der Waals surface area contributed by atoms with Crippen LogP contribution in [0, 0.1) is 0 Å². The summed E-state index contributed by atoms with van der Waals surface area (Å²) in [6.07, 6.45) is -4.53. The number of carbonyl (C=O) groups is 1. The van der Waals surface area contributed by atoms with Gasteiger partial charge in [0, 0.05) is 0 Å². The molecule has 3 nitrogen and oxygen atoms in total. The lowest BCUT2D eigenvalue weighted by Gasteiger charge is -2.16. The number of amides is 1. The summed E-state index contributed by atoms with van der Waals surface area (Å²) < 4.78 is 36.1. The first-order valence-corrected chi connectivity index (χ1v) is 5.13. The van der Waals surface area contributed by atoms with Crippen LogP contribution in [-0.4, -0.2) is 15.6 Å².